The molecular weight excluding hydrogens is 255 g/mol. The van der Waals surface area contributed by atoms with E-state index in [9.17, 15) is 13.2 Å². The third-order valence-electron chi connectivity index (χ3n) is 2.72. The molecule has 0 fully saturated rings. The van der Waals surface area contributed by atoms with Crippen LogP contribution in [0.5, 0.6) is 5.75 Å². The fourth-order valence-electron chi connectivity index (χ4n) is 1.76. The summed E-state index contributed by atoms with van der Waals surface area (Å²) in [5.41, 5.74) is 0.818. The minimum atomic E-state index is -0.761. The van der Waals surface area contributed by atoms with Gasteiger partial charge in [-0.05, 0) is 36.8 Å². The van der Waals surface area contributed by atoms with Gasteiger partial charge in [0.1, 0.15) is 11.6 Å². The molecule has 0 aromatic heterocycles. The number of aromatic hydroxyl groups is 1. The Hall–Kier alpha value is -2.17. The number of halogens is 3. The Labute approximate surface area is 108 Å². The molecule has 2 nitrogen and oxygen atoms in total. The summed E-state index contributed by atoms with van der Waals surface area (Å²) in [6.45, 7) is 1.69. The van der Waals surface area contributed by atoms with Crippen molar-refractivity contribution < 1.29 is 18.3 Å². The van der Waals surface area contributed by atoms with Crippen LogP contribution in [0.4, 0.5) is 18.9 Å². The van der Waals surface area contributed by atoms with Crippen LogP contribution in [0, 0.1) is 17.5 Å². The first-order valence-electron chi connectivity index (χ1n) is 5.67. The fraction of sp³-hybridized carbons (Fsp3) is 0.143. The predicted molar refractivity (Wildman–Crippen MR) is 66.5 cm³/mol. The van der Waals surface area contributed by atoms with Gasteiger partial charge in [0.25, 0.3) is 0 Å². The van der Waals surface area contributed by atoms with Gasteiger partial charge in [-0.2, -0.15) is 0 Å². The lowest BCUT2D eigenvalue weighted by Gasteiger charge is -2.16. The molecule has 0 saturated heterocycles. The molecular formula is C14H12F3NO. The van der Waals surface area contributed by atoms with Gasteiger partial charge in [0.05, 0.1) is 0 Å². The van der Waals surface area contributed by atoms with E-state index in [2.05, 4.69) is 5.32 Å². The summed E-state index contributed by atoms with van der Waals surface area (Å²) in [6.07, 6.45) is 0. The normalized spacial score (nSPS) is 12.2. The Morgan fingerprint density at radius 1 is 1.00 bits per heavy atom. The van der Waals surface area contributed by atoms with Crippen LogP contribution in [0.15, 0.2) is 36.4 Å². The smallest absolute Gasteiger partial charge is 0.166 e. The van der Waals surface area contributed by atoms with E-state index < -0.39 is 29.2 Å². The molecule has 2 rings (SSSR count). The SMILES string of the molecule is CC(Nc1ccc(O)c(F)c1)c1cc(F)cc(F)c1. The van der Waals surface area contributed by atoms with Crippen LogP contribution < -0.4 is 5.32 Å². The van der Waals surface area contributed by atoms with Crippen LogP contribution in [0.25, 0.3) is 0 Å². The van der Waals surface area contributed by atoms with E-state index in [1.54, 1.807) is 6.92 Å². The molecule has 2 N–H and O–H groups in total. The van der Waals surface area contributed by atoms with Crippen molar-refractivity contribution in [3.63, 3.8) is 0 Å². The summed E-state index contributed by atoms with van der Waals surface area (Å²) < 4.78 is 39.3. The van der Waals surface area contributed by atoms with Gasteiger partial charge in [0.2, 0.25) is 0 Å². The average Bonchev–Trinajstić information content (AvgIpc) is 2.32. The summed E-state index contributed by atoms with van der Waals surface area (Å²) in [5.74, 6) is -2.54. The molecule has 0 aliphatic carbocycles. The highest BCUT2D eigenvalue weighted by atomic mass is 19.1. The summed E-state index contributed by atoms with van der Waals surface area (Å²) in [7, 11) is 0. The van der Waals surface area contributed by atoms with Crippen LogP contribution in [0.2, 0.25) is 0 Å². The minimum Gasteiger partial charge on any atom is -0.505 e. The lowest BCUT2D eigenvalue weighted by atomic mass is 10.1. The maximum atomic E-state index is 13.2. The maximum absolute atomic E-state index is 13.2. The summed E-state index contributed by atoms with van der Waals surface area (Å²) >= 11 is 0. The van der Waals surface area contributed by atoms with Crippen molar-refractivity contribution >= 4 is 5.69 Å². The van der Waals surface area contributed by atoms with E-state index in [1.807, 2.05) is 0 Å². The van der Waals surface area contributed by atoms with Crippen LogP contribution >= 0.6 is 0 Å². The molecule has 100 valence electrons. The minimum absolute atomic E-state index is 0.408. The molecule has 0 aliphatic heterocycles. The van der Waals surface area contributed by atoms with Crippen LogP contribution in [-0.2, 0) is 0 Å². The maximum Gasteiger partial charge on any atom is 0.166 e. The average molecular weight is 267 g/mol. The van der Waals surface area contributed by atoms with Crippen LogP contribution in [0.3, 0.4) is 0 Å². The molecule has 1 unspecified atom stereocenters. The van der Waals surface area contributed by atoms with E-state index in [4.69, 9.17) is 5.11 Å². The van der Waals surface area contributed by atoms with E-state index in [0.29, 0.717) is 11.3 Å². The Balaban J connectivity index is 2.20. The Morgan fingerprint density at radius 2 is 1.63 bits per heavy atom. The van der Waals surface area contributed by atoms with E-state index in [-0.39, 0.29) is 0 Å². The number of anilines is 1. The summed E-state index contributed by atoms with van der Waals surface area (Å²) in [4.78, 5) is 0. The van der Waals surface area contributed by atoms with Crippen molar-refractivity contribution in [1.29, 1.82) is 0 Å². The van der Waals surface area contributed by atoms with Crippen molar-refractivity contribution in [2.24, 2.45) is 0 Å². The highest BCUT2D eigenvalue weighted by Crippen LogP contribution is 2.24. The molecule has 5 heteroatoms. The molecule has 19 heavy (non-hydrogen) atoms. The molecule has 0 aliphatic rings. The fourth-order valence-corrected chi connectivity index (χ4v) is 1.76. The third-order valence-corrected chi connectivity index (χ3v) is 2.72. The Bertz CT molecular complexity index is 581. The number of hydrogen-bond donors (Lipinski definition) is 2. The highest BCUT2D eigenvalue weighted by molar-refractivity contribution is 5.48. The number of phenolic OH excluding ortho intramolecular Hbond substituents is 1. The third kappa shape index (κ3) is 3.19. The standard InChI is InChI=1S/C14H12F3NO/c1-8(9-4-10(15)6-11(16)5-9)18-12-2-3-14(19)13(17)7-12/h2-8,18-19H,1H3. The number of nitrogens with one attached hydrogen (secondary N) is 1. The summed E-state index contributed by atoms with van der Waals surface area (Å²) in [5, 5.41) is 12.0. The monoisotopic (exact) mass is 267 g/mol. The zero-order valence-corrected chi connectivity index (χ0v) is 10.1. The topological polar surface area (TPSA) is 32.3 Å². The zero-order valence-electron chi connectivity index (χ0n) is 10.1. The lowest BCUT2D eigenvalue weighted by molar-refractivity contribution is 0.432. The number of hydrogen-bond acceptors (Lipinski definition) is 2. The van der Waals surface area contributed by atoms with E-state index in [1.165, 1.54) is 24.3 Å². The molecule has 2 aromatic carbocycles. The van der Waals surface area contributed by atoms with Crippen molar-refractivity contribution in [3.8, 4) is 5.75 Å². The first-order chi connectivity index (χ1) is 8.95. The predicted octanol–water partition coefficient (Wildman–Crippen LogP) is 3.98. The largest absolute Gasteiger partial charge is 0.505 e. The van der Waals surface area contributed by atoms with Crippen molar-refractivity contribution in [2.45, 2.75) is 13.0 Å². The molecule has 0 amide bonds. The van der Waals surface area contributed by atoms with Gasteiger partial charge < -0.3 is 10.4 Å². The number of benzene rings is 2. The van der Waals surface area contributed by atoms with Gasteiger partial charge in [0, 0.05) is 23.9 Å². The van der Waals surface area contributed by atoms with Gasteiger partial charge in [-0.3, -0.25) is 0 Å². The van der Waals surface area contributed by atoms with Crippen molar-refractivity contribution in [3.05, 3.63) is 59.4 Å². The Morgan fingerprint density at radius 3 is 2.21 bits per heavy atom. The zero-order chi connectivity index (χ0) is 14.0. The second kappa shape index (κ2) is 5.22. The highest BCUT2D eigenvalue weighted by Gasteiger charge is 2.10. The second-order valence-corrected chi connectivity index (χ2v) is 4.23. The van der Waals surface area contributed by atoms with Crippen molar-refractivity contribution in [1.82, 2.24) is 0 Å². The first kappa shape index (κ1) is 13.3. The Kier molecular flexibility index (Phi) is 3.64. The molecule has 0 saturated carbocycles. The van der Waals surface area contributed by atoms with E-state index >= 15 is 0 Å². The van der Waals surface area contributed by atoms with Crippen LogP contribution in [0.1, 0.15) is 18.5 Å². The van der Waals surface area contributed by atoms with Gasteiger partial charge >= 0.3 is 0 Å². The molecule has 1 atom stereocenters. The molecule has 0 heterocycles. The molecule has 2 aromatic rings. The lowest BCUT2D eigenvalue weighted by Crippen LogP contribution is -2.07. The number of phenols is 1. The van der Waals surface area contributed by atoms with Gasteiger partial charge in [-0.1, -0.05) is 0 Å². The number of rotatable bonds is 3. The summed E-state index contributed by atoms with van der Waals surface area (Å²) in [6, 6.07) is 6.59. The van der Waals surface area contributed by atoms with Gasteiger partial charge in [-0.25, -0.2) is 13.2 Å². The first-order valence-corrected chi connectivity index (χ1v) is 5.67. The second-order valence-electron chi connectivity index (χ2n) is 4.23. The quantitative estimate of drug-likeness (QED) is 0.824. The van der Waals surface area contributed by atoms with Gasteiger partial charge in [-0.15, -0.1) is 0 Å². The van der Waals surface area contributed by atoms with Gasteiger partial charge in [0.15, 0.2) is 11.6 Å². The molecule has 0 bridgehead atoms. The van der Waals surface area contributed by atoms with Crippen molar-refractivity contribution in [2.75, 3.05) is 5.32 Å². The molecule has 0 radical (unpaired) electrons. The van der Waals surface area contributed by atoms with E-state index in [0.717, 1.165) is 12.1 Å². The molecule has 0 spiro atoms. The van der Waals surface area contributed by atoms with Crippen LogP contribution in [-0.4, -0.2) is 5.11 Å².